The first kappa shape index (κ1) is 14.1. The van der Waals surface area contributed by atoms with Crippen molar-refractivity contribution in [2.45, 2.75) is 40.5 Å². The molecule has 2 atom stereocenters. The molecule has 2 amide bonds. The van der Waals surface area contributed by atoms with Crippen molar-refractivity contribution < 1.29 is 9.59 Å². The summed E-state index contributed by atoms with van der Waals surface area (Å²) in [6, 6.07) is 5.92. The Hall–Kier alpha value is -1.90. The summed E-state index contributed by atoms with van der Waals surface area (Å²) in [5.74, 6) is -0.377. The monoisotopic (exact) mass is 283 g/mol. The third-order valence-corrected chi connectivity index (χ3v) is 4.95. The van der Waals surface area contributed by atoms with Gasteiger partial charge in [0.2, 0.25) is 11.8 Å². The predicted molar refractivity (Wildman–Crippen MR) is 83.0 cm³/mol. The number of anilines is 1. The van der Waals surface area contributed by atoms with Crippen LogP contribution < -0.4 is 4.90 Å². The lowest BCUT2D eigenvalue weighted by atomic mass is 9.78. The summed E-state index contributed by atoms with van der Waals surface area (Å²) in [5, 5.41) is 0. The highest BCUT2D eigenvalue weighted by molar-refractivity contribution is 6.22. The van der Waals surface area contributed by atoms with Gasteiger partial charge in [0, 0.05) is 0 Å². The van der Waals surface area contributed by atoms with Crippen LogP contribution in [0, 0.1) is 25.7 Å². The molecule has 21 heavy (non-hydrogen) atoms. The molecule has 1 aliphatic carbocycles. The van der Waals surface area contributed by atoms with Crippen molar-refractivity contribution in [3.63, 3.8) is 0 Å². The number of imide groups is 1. The number of hydrogen-bond donors (Lipinski definition) is 0. The molecule has 1 saturated heterocycles. The van der Waals surface area contributed by atoms with E-state index in [-0.39, 0.29) is 23.7 Å². The molecule has 3 nitrogen and oxygen atoms in total. The van der Waals surface area contributed by atoms with E-state index >= 15 is 0 Å². The molecular formula is C18H21NO2. The number of aryl methyl sites for hydroxylation is 2. The normalized spacial score (nSPS) is 25.6. The number of amides is 2. The molecule has 0 bridgehead atoms. The van der Waals surface area contributed by atoms with Crippen molar-refractivity contribution in [1.29, 1.82) is 0 Å². The van der Waals surface area contributed by atoms with E-state index in [1.54, 1.807) is 0 Å². The molecule has 3 rings (SSSR count). The van der Waals surface area contributed by atoms with Gasteiger partial charge in [-0.3, -0.25) is 9.59 Å². The zero-order valence-corrected chi connectivity index (χ0v) is 13.1. The van der Waals surface area contributed by atoms with Crippen LogP contribution in [0.5, 0.6) is 0 Å². The molecule has 1 fully saturated rings. The maximum Gasteiger partial charge on any atom is 0.238 e. The van der Waals surface area contributed by atoms with Gasteiger partial charge in [-0.2, -0.15) is 0 Å². The summed E-state index contributed by atoms with van der Waals surface area (Å²) >= 11 is 0. The van der Waals surface area contributed by atoms with Gasteiger partial charge in [0.15, 0.2) is 0 Å². The lowest BCUT2D eigenvalue weighted by Crippen LogP contribution is -2.31. The SMILES string of the molecule is CC1=C(C)C[C@H]2C(=O)N(c3cc(C)ccc3C)C(=O)[C@H]2C1. The number of allylic oxidation sites excluding steroid dienone is 2. The highest BCUT2D eigenvalue weighted by Crippen LogP contribution is 2.42. The third-order valence-electron chi connectivity index (χ3n) is 4.95. The maximum atomic E-state index is 12.7. The van der Waals surface area contributed by atoms with E-state index in [1.165, 1.54) is 16.0 Å². The number of carbonyl (C=O) groups excluding carboxylic acids is 2. The van der Waals surface area contributed by atoms with Gasteiger partial charge in [-0.1, -0.05) is 23.3 Å². The van der Waals surface area contributed by atoms with Crippen molar-refractivity contribution >= 4 is 17.5 Å². The minimum Gasteiger partial charge on any atom is -0.274 e. The van der Waals surface area contributed by atoms with Gasteiger partial charge in [0.05, 0.1) is 17.5 Å². The van der Waals surface area contributed by atoms with Gasteiger partial charge in [-0.25, -0.2) is 4.90 Å². The molecule has 0 unspecified atom stereocenters. The van der Waals surface area contributed by atoms with E-state index in [2.05, 4.69) is 13.8 Å². The van der Waals surface area contributed by atoms with E-state index in [0.717, 1.165) is 29.7 Å². The van der Waals surface area contributed by atoms with Crippen LogP contribution in [-0.4, -0.2) is 11.8 Å². The number of rotatable bonds is 1. The fraction of sp³-hybridized carbons (Fsp3) is 0.444. The second kappa shape index (κ2) is 4.83. The number of hydrogen-bond acceptors (Lipinski definition) is 2. The van der Waals surface area contributed by atoms with Crippen LogP contribution in [0.15, 0.2) is 29.3 Å². The molecule has 1 aromatic carbocycles. The average molecular weight is 283 g/mol. The minimum absolute atomic E-state index is 0.0226. The second-order valence-corrected chi connectivity index (χ2v) is 6.48. The molecule has 1 heterocycles. The van der Waals surface area contributed by atoms with Gasteiger partial charge >= 0.3 is 0 Å². The van der Waals surface area contributed by atoms with Gasteiger partial charge in [0.1, 0.15) is 0 Å². The maximum absolute atomic E-state index is 12.7. The van der Waals surface area contributed by atoms with Crippen LogP contribution in [0.3, 0.4) is 0 Å². The number of benzene rings is 1. The van der Waals surface area contributed by atoms with Gasteiger partial charge < -0.3 is 0 Å². The summed E-state index contributed by atoms with van der Waals surface area (Å²) in [5.41, 5.74) is 5.33. The van der Waals surface area contributed by atoms with Crippen LogP contribution in [0.4, 0.5) is 5.69 Å². The first-order valence-electron chi connectivity index (χ1n) is 7.50. The molecule has 1 aromatic rings. The van der Waals surface area contributed by atoms with E-state index in [1.807, 2.05) is 32.0 Å². The summed E-state index contributed by atoms with van der Waals surface area (Å²) in [6.07, 6.45) is 1.45. The van der Waals surface area contributed by atoms with Gasteiger partial charge in [-0.05, 0) is 57.7 Å². The molecule has 0 saturated carbocycles. The van der Waals surface area contributed by atoms with Crippen molar-refractivity contribution in [3.8, 4) is 0 Å². The summed E-state index contributed by atoms with van der Waals surface area (Å²) in [6.45, 7) is 8.08. The Bertz CT molecular complexity index is 640. The van der Waals surface area contributed by atoms with Crippen LogP contribution in [0.1, 0.15) is 37.8 Å². The molecular weight excluding hydrogens is 262 g/mol. The topological polar surface area (TPSA) is 37.4 Å². The Morgan fingerprint density at radius 3 is 1.95 bits per heavy atom. The Morgan fingerprint density at radius 2 is 1.43 bits per heavy atom. The number of carbonyl (C=O) groups is 2. The Labute approximate surface area is 125 Å². The van der Waals surface area contributed by atoms with Crippen LogP contribution in [0.2, 0.25) is 0 Å². The number of fused-ring (bicyclic) bond motifs is 1. The predicted octanol–water partition coefficient (Wildman–Crippen LogP) is 3.54. The molecule has 0 aromatic heterocycles. The molecule has 2 aliphatic rings. The van der Waals surface area contributed by atoms with Crippen LogP contribution in [0.25, 0.3) is 0 Å². The zero-order valence-electron chi connectivity index (χ0n) is 13.1. The standard InChI is InChI=1S/C18H21NO2/c1-10-5-6-11(2)16(7-10)19-17(20)14-8-12(3)13(4)9-15(14)18(19)21/h5-7,14-15H,8-9H2,1-4H3/t14-,15+. The first-order valence-corrected chi connectivity index (χ1v) is 7.50. The van der Waals surface area contributed by atoms with Gasteiger partial charge in [-0.15, -0.1) is 0 Å². The molecule has 0 spiro atoms. The fourth-order valence-electron chi connectivity index (χ4n) is 3.45. The van der Waals surface area contributed by atoms with E-state index in [4.69, 9.17) is 0 Å². The summed E-state index contributed by atoms with van der Waals surface area (Å²) < 4.78 is 0. The lowest BCUT2D eigenvalue weighted by molar-refractivity contribution is -0.122. The Morgan fingerprint density at radius 1 is 0.905 bits per heavy atom. The Balaban J connectivity index is 2.02. The Kier molecular flexibility index (Phi) is 3.23. The van der Waals surface area contributed by atoms with Crippen LogP contribution >= 0.6 is 0 Å². The lowest BCUT2D eigenvalue weighted by Gasteiger charge is -2.23. The molecule has 0 N–H and O–H groups in total. The molecule has 1 aliphatic heterocycles. The summed E-state index contributed by atoms with van der Waals surface area (Å²) in [7, 11) is 0. The van der Waals surface area contributed by atoms with E-state index in [0.29, 0.717) is 0 Å². The number of nitrogens with zero attached hydrogens (tertiary/aromatic N) is 1. The van der Waals surface area contributed by atoms with Crippen molar-refractivity contribution in [3.05, 3.63) is 40.5 Å². The van der Waals surface area contributed by atoms with Crippen LogP contribution in [-0.2, 0) is 9.59 Å². The van der Waals surface area contributed by atoms with E-state index < -0.39 is 0 Å². The fourth-order valence-corrected chi connectivity index (χ4v) is 3.45. The van der Waals surface area contributed by atoms with E-state index in [9.17, 15) is 9.59 Å². The highest BCUT2D eigenvalue weighted by atomic mass is 16.2. The highest BCUT2D eigenvalue weighted by Gasteiger charge is 2.49. The smallest absolute Gasteiger partial charge is 0.238 e. The largest absolute Gasteiger partial charge is 0.274 e. The minimum atomic E-state index is -0.166. The molecule has 0 radical (unpaired) electrons. The quantitative estimate of drug-likeness (QED) is 0.584. The zero-order chi connectivity index (χ0) is 15.3. The molecule has 110 valence electrons. The average Bonchev–Trinajstić information content (AvgIpc) is 2.66. The summed E-state index contributed by atoms with van der Waals surface area (Å²) in [4.78, 5) is 26.9. The molecule has 3 heteroatoms. The van der Waals surface area contributed by atoms with Crippen molar-refractivity contribution in [1.82, 2.24) is 0 Å². The van der Waals surface area contributed by atoms with Crippen molar-refractivity contribution in [2.75, 3.05) is 4.90 Å². The van der Waals surface area contributed by atoms with Gasteiger partial charge in [0.25, 0.3) is 0 Å². The second-order valence-electron chi connectivity index (χ2n) is 6.48. The first-order chi connectivity index (χ1) is 9.90. The van der Waals surface area contributed by atoms with Crippen molar-refractivity contribution in [2.24, 2.45) is 11.8 Å². The third kappa shape index (κ3) is 2.11.